The van der Waals surface area contributed by atoms with Crippen LogP contribution in [0.4, 0.5) is 13.2 Å². The number of methoxy groups -OCH3 is 1. The van der Waals surface area contributed by atoms with Crippen LogP contribution in [0.3, 0.4) is 0 Å². The van der Waals surface area contributed by atoms with E-state index in [1.807, 2.05) is 0 Å². The minimum absolute atomic E-state index is 0.181. The van der Waals surface area contributed by atoms with Crippen molar-refractivity contribution in [1.29, 1.82) is 0 Å². The molecule has 0 aliphatic rings. The molecule has 0 aliphatic carbocycles. The highest BCUT2D eigenvalue weighted by Crippen LogP contribution is 2.30. The number of rotatable bonds is 3. The van der Waals surface area contributed by atoms with Gasteiger partial charge in [0.05, 0.1) is 12.7 Å². The third-order valence-electron chi connectivity index (χ3n) is 1.57. The standard InChI is InChI=1S/C8H6F3NO2/c1-14-7-5(9)4(3-13)2-12-6(7)8(10)11/h2-3,8H,1H3. The lowest BCUT2D eigenvalue weighted by atomic mass is 10.2. The molecule has 1 aromatic rings. The third kappa shape index (κ3) is 1.68. The maximum Gasteiger partial charge on any atom is 0.284 e. The van der Waals surface area contributed by atoms with Gasteiger partial charge in [0.25, 0.3) is 6.43 Å². The SMILES string of the molecule is COc1c(C(F)F)ncc(C=O)c1F. The maximum atomic E-state index is 13.2. The molecule has 0 saturated heterocycles. The zero-order valence-electron chi connectivity index (χ0n) is 7.13. The predicted molar refractivity (Wildman–Crippen MR) is 41.1 cm³/mol. The fraction of sp³-hybridized carbons (Fsp3) is 0.250. The number of aromatic nitrogens is 1. The van der Waals surface area contributed by atoms with E-state index in [0.29, 0.717) is 0 Å². The van der Waals surface area contributed by atoms with E-state index in [1.165, 1.54) is 0 Å². The second kappa shape index (κ2) is 4.08. The monoisotopic (exact) mass is 205 g/mol. The summed E-state index contributed by atoms with van der Waals surface area (Å²) in [5.41, 5.74) is -1.22. The van der Waals surface area contributed by atoms with E-state index in [4.69, 9.17) is 0 Å². The molecule has 1 heterocycles. The Morgan fingerprint density at radius 2 is 2.21 bits per heavy atom. The van der Waals surface area contributed by atoms with Crippen molar-refractivity contribution < 1.29 is 22.7 Å². The van der Waals surface area contributed by atoms with Gasteiger partial charge in [-0.15, -0.1) is 0 Å². The van der Waals surface area contributed by atoms with Crippen LogP contribution in [-0.4, -0.2) is 18.4 Å². The van der Waals surface area contributed by atoms with Crippen LogP contribution in [0.2, 0.25) is 0 Å². The zero-order chi connectivity index (χ0) is 10.7. The van der Waals surface area contributed by atoms with Gasteiger partial charge < -0.3 is 4.74 Å². The van der Waals surface area contributed by atoms with Crippen molar-refractivity contribution in [3.63, 3.8) is 0 Å². The second-order valence-corrected chi connectivity index (χ2v) is 2.36. The van der Waals surface area contributed by atoms with Gasteiger partial charge in [-0.1, -0.05) is 0 Å². The van der Waals surface area contributed by atoms with E-state index in [-0.39, 0.29) is 6.29 Å². The topological polar surface area (TPSA) is 39.2 Å². The van der Waals surface area contributed by atoms with Crippen LogP contribution in [0.1, 0.15) is 22.5 Å². The first-order valence-electron chi connectivity index (χ1n) is 3.57. The van der Waals surface area contributed by atoms with Crippen LogP contribution < -0.4 is 4.74 Å². The summed E-state index contributed by atoms with van der Waals surface area (Å²) in [6.07, 6.45) is -2.02. The van der Waals surface area contributed by atoms with Gasteiger partial charge in [0.15, 0.2) is 23.5 Å². The molecule has 0 unspecified atom stereocenters. The normalized spacial score (nSPS) is 10.4. The number of alkyl halides is 2. The third-order valence-corrected chi connectivity index (χ3v) is 1.57. The highest BCUT2D eigenvalue weighted by molar-refractivity contribution is 5.75. The number of carbonyl (C=O) groups is 1. The van der Waals surface area contributed by atoms with E-state index in [0.717, 1.165) is 13.3 Å². The minimum Gasteiger partial charge on any atom is -0.492 e. The summed E-state index contributed by atoms with van der Waals surface area (Å²) in [5, 5.41) is 0. The molecule has 1 rings (SSSR count). The number of carbonyl (C=O) groups excluding carboxylic acids is 1. The van der Waals surface area contributed by atoms with E-state index >= 15 is 0 Å². The van der Waals surface area contributed by atoms with Crippen molar-refractivity contribution in [3.05, 3.63) is 23.3 Å². The van der Waals surface area contributed by atoms with Crippen molar-refractivity contribution in [2.45, 2.75) is 6.43 Å². The van der Waals surface area contributed by atoms with Crippen LogP contribution in [0.25, 0.3) is 0 Å². The predicted octanol–water partition coefficient (Wildman–Crippen LogP) is 1.98. The Bertz CT molecular complexity index is 355. The molecule has 0 bridgehead atoms. The molecule has 0 amide bonds. The number of nitrogens with zero attached hydrogens (tertiary/aromatic N) is 1. The van der Waals surface area contributed by atoms with Gasteiger partial charge in [-0.05, 0) is 0 Å². The second-order valence-electron chi connectivity index (χ2n) is 2.36. The summed E-state index contributed by atoms with van der Waals surface area (Å²) >= 11 is 0. The molecule has 76 valence electrons. The molecule has 3 nitrogen and oxygen atoms in total. The Morgan fingerprint density at radius 3 is 2.64 bits per heavy atom. The van der Waals surface area contributed by atoms with Crippen LogP contribution in [-0.2, 0) is 0 Å². The molecule has 0 atom stereocenters. The van der Waals surface area contributed by atoms with Crippen LogP contribution in [0, 0.1) is 5.82 Å². The molecular weight excluding hydrogens is 199 g/mol. The maximum absolute atomic E-state index is 13.2. The van der Waals surface area contributed by atoms with Gasteiger partial charge >= 0.3 is 0 Å². The molecule has 0 fully saturated rings. The molecule has 6 heteroatoms. The lowest BCUT2D eigenvalue weighted by molar-refractivity contribution is 0.111. The van der Waals surface area contributed by atoms with E-state index in [9.17, 15) is 18.0 Å². The highest BCUT2D eigenvalue weighted by Gasteiger charge is 2.21. The molecular formula is C8H6F3NO2. The van der Waals surface area contributed by atoms with Gasteiger partial charge in [0.1, 0.15) is 0 Å². The number of pyridine rings is 1. The van der Waals surface area contributed by atoms with Gasteiger partial charge in [0.2, 0.25) is 0 Å². The molecule has 14 heavy (non-hydrogen) atoms. The van der Waals surface area contributed by atoms with E-state index in [2.05, 4.69) is 9.72 Å². The number of hydrogen-bond acceptors (Lipinski definition) is 3. The van der Waals surface area contributed by atoms with Crippen molar-refractivity contribution in [3.8, 4) is 5.75 Å². The van der Waals surface area contributed by atoms with Crippen molar-refractivity contribution in [2.24, 2.45) is 0 Å². The Balaban J connectivity index is 3.35. The van der Waals surface area contributed by atoms with E-state index < -0.39 is 29.2 Å². The Hall–Kier alpha value is -1.59. The largest absolute Gasteiger partial charge is 0.492 e. The number of aldehydes is 1. The fourth-order valence-corrected chi connectivity index (χ4v) is 0.930. The average Bonchev–Trinajstić information content (AvgIpc) is 2.17. The summed E-state index contributed by atoms with van der Waals surface area (Å²) < 4.78 is 42.0. The Kier molecular flexibility index (Phi) is 3.06. The summed E-state index contributed by atoms with van der Waals surface area (Å²) in [6.45, 7) is 0. The lowest BCUT2D eigenvalue weighted by Gasteiger charge is -2.08. The summed E-state index contributed by atoms with van der Waals surface area (Å²) in [5.74, 6) is -1.81. The van der Waals surface area contributed by atoms with Gasteiger partial charge in [-0.25, -0.2) is 13.2 Å². The smallest absolute Gasteiger partial charge is 0.284 e. The van der Waals surface area contributed by atoms with E-state index in [1.54, 1.807) is 0 Å². The molecule has 1 aromatic heterocycles. The first-order chi connectivity index (χ1) is 6.61. The molecule has 0 spiro atoms. The summed E-state index contributed by atoms with van der Waals surface area (Å²) in [4.78, 5) is 13.5. The van der Waals surface area contributed by atoms with Gasteiger partial charge in [0, 0.05) is 6.20 Å². The lowest BCUT2D eigenvalue weighted by Crippen LogP contribution is -2.02. The molecule has 0 aromatic carbocycles. The quantitative estimate of drug-likeness (QED) is 0.708. The fourth-order valence-electron chi connectivity index (χ4n) is 0.930. The highest BCUT2D eigenvalue weighted by atomic mass is 19.3. The van der Waals surface area contributed by atoms with Crippen LogP contribution in [0.15, 0.2) is 6.20 Å². The minimum atomic E-state index is -2.94. The van der Waals surface area contributed by atoms with Crippen molar-refractivity contribution in [2.75, 3.05) is 7.11 Å². The summed E-state index contributed by atoms with van der Waals surface area (Å²) in [7, 11) is 1.03. The number of ether oxygens (including phenoxy) is 1. The molecule has 0 N–H and O–H groups in total. The first kappa shape index (κ1) is 10.5. The summed E-state index contributed by atoms with van der Waals surface area (Å²) in [6, 6.07) is 0. The number of halogens is 3. The van der Waals surface area contributed by atoms with Crippen molar-refractivity contribution >= 4 is 6.29 Å². The molecule has 0 aliphatic heterocycles. The van der Waals surface area contributed by atoms with Crippen molar-refractivity contribution in [1.82, 2.24) is 4.98 Å². The van der Waals surface area contributed by atoms with Crippen LogP contribution in [0.5, 0.6) is 5.75 Å². The first-order valence-corrected chi connectivity index (χ1v) is 3.57. The molecule has 0 radical (unpaired) electrons. The zero-order valence-corrected chi connectivity index (χ0v) is 7.13. The Morgan fingerprint density at radius 1 is 1.57 bits per heavy atom. The van der Waals surface area contributed by atoms with Crippen LogP contribution >= 0.6 is 0 Å². The van der Waals surface area contributed by atoms with Gasteiger partial charge in [-0.3, -0.25) is 9.78 Å². The molecule has 0 saturated carbocycles. The van der Waals surface area contributed by atoms with Gasteiger partial charge in [-0.2, -0.15) is 0 Å². The number of hydrogen-bond donors (Lipinski definition) is 0. The Labute approximate surface area is 77.5 Å². The average molecular weight is 205 g/mol.